The first kappa shape index (κ1) is 18.9. The number of methoxy groups -OCH3 is 1. The number of halogens is 1. The molecule has 11 heteroatoms. The van der Waals surface area contributed by atoms with Crippen molar-refractivity contribution < 1.29 is 9.53 Å². The zero-order valence-electron chi connectivity index (χ0n) is 16.3. The Morgan fingerprint density at radius 3 is 2.71 bits per heavy atom. The number of nitrogens with zero attached hydrogens (tertiary/aromatic N) is 6. The van der Waals surface area contributed by atoms with Crippen LogP contribution in [0.15, 0.2) is 47.5 Å². The highest BCUT2D eigenvalue weighted by Crippen LogP contribution is 2.20. The zero-order chi connectivity index (χ0) is 21.7. The third-order valence-corrected chi connectivity index (χ3v) is 5.14. The van der Waals surface area contributed by atoms with Gasteiger partial charge in [0.1, 0.15) is 5.56 Å². The van der Waals surface area contributed by atoms with E-state index in [0.29, 0.717) is 33.1 Å². The minimum absolute atomic E-state index is 0.184. The molecule has 0 atom stereocenters. The molecular formula is C20H14ClN7O3. The molecule has 4 aromatic heterocycles. The summed E-state index contributed by atoms with van der Waals surface area (Å²) in [5, 5.41) is 12.3. The normalized spacial score (nSPS) is 11.3. The topological polar surface area (TPSA) is 120 Å². The Labute approximate surface area is 179 Å². The molecule has 0 aliphatic carbocycles. The molecule has 0 amide bonds. The molecule has 0 radical (unpaired) electrons. The molecule has 5 aromatic rings. The average molecular weight is 436 g/mol. The number of ether oxygens (including phenoxy) is 1. The van der Waals surface area contributed by atoms with Crippen molar-refractivity contribution in [3.63, 3.8) is 0 Å². The summed E-state index contributed by atoms with van der Waals surface area (Å²) >= 11 is 5.92. The van der Waals surface area contributed by atoms with Crippen LogP contribution in [0.1, 0.15) is 16.1 Å². The lowest BCUT2D eigenvalue weighted by molar-refractivity contribution is 0.0602. The Morgan fingerprint density at radius 2 is 1.97 bits per heavy atom. The van der Waals surface area contributed by atoms with Crippen molar-refractivity contribution in [3.05, 3.63) is 69.4 Å². The Bertz CT molecular complexity index is 1530. The minimum Gasteiger partial charge on any atom is -0.465 e. The number of aromatic amines is 1. The maximum atomic E-state index is 13.1. The SMILES string of the molecule is COC(=O)c1c(C)nn2c1ncc1c(=O)n(-c3n[nH]c(-c4ccc(Cl)cc4)n3)ccc12. The van der Waals surface area contributed by atoms with E-state index in [1.807, 2.05) is 0 Å². The Hall–Kier alpha value is -4.05. The maximum Gasteiger partial charge on any atom is 0.343 e. The summed E-state index contributed by atoms with van der Waals surface area (Å²) in [5.74, 6) is 0.143. The molecule has 4 heterocycles. The molecule has 0 unspecified atom stereocenters. The van der Waals surface area contributed by atoms with Crippen LogP contribution in [0.5, 0.6) is 0 Å². The molecule has 1 N–H and O–H groups in total. The highest BCUT2D eigenvalue weighted by atomic mass is 35.5. The Balaban J connectivity index is 1.64. The van der Waals surface area contributed by atoms with E-state index in [-0.39, 0.29) is 17.1 Å². The van der Waals surface area contributed by atoms with Gasteiger partial charge in [-0.2, -0.15) is 10.1 Å². The van der Waals surface area contributed by atoms with Gasteiger partial charge in [-0.15, -0.1) is 5.10 Å². The summed E-state index contributed by atoms with van der Waals surface area (Å²) in [6.45, 7) is 1.68. The van der Waals surface area contributed by atoms with E-state index in [2.05, 4.69) is 25.3 Å². The predicted molar refractivity (Wildman–Crippen MR) is 113 cm³/mol. The fraction of sp³-hybridized carbons (Fsp3) is 0.100. The molecule has 0 aliphatic rings. The first-order chi connectivity index (χ1) is 15.0. The number of benzene rings is 1. The number of hydrogen-bond acceptors (Lipinski definition) is 7. The van der Waals surface area contributed by atoms with Gasteiger partial charge in [0.05, 0.1) is 23.7 Å². The van der Waals surface area contributed by atoms with E-state index in [1.54, 1.807) is 43.5 Å². The molecule has 0 aliphatic heterocycles. The number of fused-ring (bicyclic) bond motifs is 3. The van der Waals surface area contributed by atoms with Gasteiger partial charge < -0.3 is 4.74 Å². The first-order valence-electron chi connectivity index (χ1n) is 9.14. The number of aryl methyl sites for hydroxylation is 1. The number of H-pyrrole nitrogens is 1. The van der Waals surface area contributed by atoms with Gasteiger partial charge in [-0.05, 0) is 37.3 Å². The van der Waals surface area contributed by atoms with Crippen molar-refractivity contribution in [2.45, 2.75) is 6.92 Å². The second-order valence-corrected chi connectivity index (χ2v) is 7.16. The molecule has 0 saturated carbocycles. The molecule has 10 nitrogen and oxygen atoms in total. The number of carbonyl (C=O) groups excluding carboxylic acids is 1. The van der Waals surface area contributed by atoms with Crippen LogP contribution < -0.4 is 5.56 Å². The minimum atomic E-state index is -0.539. The third-order valence-electron chi connectivity index (χ3n) is 4.88. The van der Waals surface area contributed by atoms with Crippen molar-refractivity contribution in [1.82, 2.24) is 34.3 Å². The fourth-order valence-corrected chi connectivity index (χ4v) is 3.50. The van der Waals surface area contributed by atoms with E-state index in [4.69, 9.17) is 16.3 Å². The first-order valence-corrected chi connectivity index (χ1v) is 9.52. The van der Waals surface area contributed by atoms with E-state index in [9.17, 15) is 9.59 Å². The lowest BCUT2D eigenvalue weighted by atomic mass is 10.2. The molecule has 0 fully saturated rings. The van der Waals surface area contributed by atoms with E-state index >= 15 is 0 Å². The molecule has 0 saturated heterocycles. The van der Waals surface area contributed by atoms with E-state index in [0.717, 1.165) is 5.56 Å². The monoisotopic (exact) mass is 435 g/mol. The van der Waals surface area contributed by atoms with Gasteiger partial charge in [-0.25, -0.2) is 18.9 Å². The highest BCUT2D eigenvalue weighted by Gasteiger charge is 2.21. The smallest absolute Gasteiger partial charge is 0.343 e. The molecule has 0 bridgehead atoms. The third kappa shape index (κ3) is 2.96. The van der Waals surface area contributed by atoms with Crippen molar-refractivity contribution in [1.29, 1.82) is 0 Å². The van der Waals surface area contributed by atoms with Gasteiger partial charge in [0.2, 0.25) is 0 Å². The van der Waals surface area contributed by atoms with Crippen molar-refractivity contribution >= 4 is 34.1 Å². The Kier molecular flexibility index (Phi) is 4.29. The van der Waals surface area contributed by atoms with Gasteiger partial charge in [0.25, 0.3) is 11.5 Å². The predicted octanol–water partition coefficient (Wildman–Crippen LogP) is 2.57. The number of hydrogen-bond donors (Lipinski definition) is 1. The zero-order valence-corrected chi connectivity index (χ0v) is 17.1. The molecule has 154 valence electrons. The number of esters is 1. The number of carbonyl (C=O) groups is 1. The quantitative estimate of drug-likeness (QED) is 0.432. The van der Waals surface area contributed by atoms with Gasteiger partial charge >= 0.3 is 5.97 Å². The lowest BCUT2D eigenvalue weighted by Crippen LogP contribution is -2.20. The van der Waals surface area contributed by atoms with E-state index in [1.165, 1.54) is 22.4 Å². The van der Waals surface area contributed by atoms with Crippen LogP contribution in [0.2, 0.25) is 5.02 Å². The summed E-state index contributed by atoms with van der Waals surface area (Å²) in [5.41, 5.74) is 1.94. The molecule has 0 spiro atoms. The van der Waals surface area contributed by atoms with Crippen LogP contribution in [0.4, 0.5) is 0 Å². The number of aromatic nitrogens is 7. The standard InChI is InChI=1S/C20H14ClN7O3/c1-10-15(19(30)31-2)17-22-9-13-14(28(17)26-10)7-8-27(18(13)29)20-23-16(24-25-20)11-3-5-12(21)6-4-11/h3-9H,1-2H3,(H,23,24,25). The van der Waals surface area contributed by atoms with Gasteiger partial charge in [0, 0.05) is 23.0 Å². The molecule has 31 heavy (non-hydrogen) atoms. The van der Waals surface area contributed by atoms with Crippen LogP contribution in [-0.2, 0) is 4.74 Å². The van der Waals surface area contributed by atoms with Crippen molar-refractivity contribution in [2.24, 2.45) is 0 Å². The fourth-order valence-electron chi connectivity index (χ4n) is 3.37. The summed E-state index contributed by atoms with van der Waals surface area (Å²) in [7, 11) is 1.29. The second-order valence-electron chi connectivity index (χ2n) is 6.73. The van der Waals surface area contributed by atoms with Gasteiger partial charge in [0.15, 0.2) is 11.5 Å². The summed E-state index contributed by atoms with van der Waals surface area (Å²) in [6, 6.07) is 8.78. The summed E-state index contributed by atoms with van der Waals surface area (Å²) < 4.78 is 7.58. The average Bonchev–Trinajstić information content (AvgIpc) is 3.38. The number of nitrogens with one attached hydrogen (secondary N) is 1. The van der Waals surface area contributed by atoms with Crippen LogP contribution in [0.3, 0.4) is 0 Å². The number of rotatable bonds is 3. The van der Waals surface area contributed by atoms with Crippen LogP contribution >= 0.6 is 11.6 Å². The summed E-state index contributed by atoms with van der Waals surface area (Å²) in [4.78, 5) is 33.9. The summed E-state index contributed by atoms with van der Waals surface area (Å²) in [6.07, 6.45) is 2.96. The van der Waals surface area contributed by atoms with Gasteiger partial charge in [-0.1, -0.05) is 11.6 Å². The Morgan fingerprint density at radius 1 is 1.19 bits per heavy atom. The van der Waals surface area contributed by atoms with Crippen LogP contribution in [0, 0.1) is 6.92 Å². The molecule has 5 rings (SSSR count). The van der Waals surface area contributed by atoms with Crippen LogP contribution in [-0.4, -0.2) is 47.4 Å². The number of pyridine rings is 1. The van der Waals surface area contributed by atoms with Gasteiger partial charge in [-0.3, -0.25) is 9.89 Å². The van der Waals surface area contributed by atoms with Crippen molar-refractivity contribution in [2.75, 3.05) is 7.11 Å². The van der Waals surface area contributed by atoms with Crippen LogP contribution in [0.25, 0.3) is 33.9 Å². The van der Waals surface area contributed by atoms with E-state index < -0.39 is 5.97 Å². The lowest BCUT2D eigenvalue weighted by Gasteiger charge is -2.04. The molecule has 1 aromatic carbocycles. The van der Waals surface area contributed by atoms with Crippen molar-refractivity contribution in [3.8, 4) is 17.3 Å². The maximum absolute atomic E-state index is 13.1. The highest BCUT2D eigenvalue weighted by molar-refractivity contribution is 6.30. The second kappa shape index (κ2) is 7.03. The molecular weight excluding hydrogens is 422 g/mol. The largest absolute Gasteiger partial charge is 0.465 e.